The van der Waals surface area contributed by atoms with Gasteiger partial charge in [-0.2, -0.15) is 4.31 Å². The van der Waals surface area contributed by atoms with Gasteiger partial charge in [-0.1, -0.05) is 5.16 Å². The molecule has 162 valence electrons. The van der Waals surface area contributed by atoms with E-state index >= 15 is 0 Å². The highest BCUT2D eigenvalue weighted by molar-refractivity contribution is 14.0. The van der Waals surface area contributed by atoms with Crippen LogP contribution in [0.2, 0.25) is 0 Å². The molecule has 1 aliphatic heterocycles. The molecular formula is C17H27IN6O3S2. The van der Waals surface area contributed by atoms with E-state index in [1.54, 1.807) is 24.5 Å². The summed E-state index contributed by atoms with van der Waals surface area (Å²) >= 11 is 1.69. The molecule has 0 spiro atoms. The Kier molecular flexibility index (Phi) is 9.30. The van der Waals surface area contributed by atoms with Crippen LogP contribution in [0.5, 0.6) is 0 Å². The van der Waals surface area contributed by atoms with Crippen LogP contribution in [0.15, 0.2) is 27.2 Å². The number of aliphatic imine (C=N–C) groups is 1. The van der Waals surface area contributed by atoms with Crippen molar-refractivity contribution >= 4 is 51.3 Å². The van der Waals surface area contributed by atoms with Crippen LogP contribution in [-0.4, -0.2) is 73.5 Å². The first-order valence-electron chi connectivity index (χ1n) is 9.21. The largest absolute Gasteiger partial charge is 0.364 e. The third-order valence-electron chi connectivity index (χ3n) is 4.48. The van der Waals surface area contributed by atoms with E-state index in [1.807, 2.05) is 6.92 Å². The molecule has 9 nitrogen and oxygen atoms in total. The number of aryl methyl sites for hydroxylation is 2. The van der Waals surface area contributed by atoms with E-state index in [0.29, 0.717) is 31.9 Å². The Labute approximate surface area is 192 Å². The molecule has 1 N–H and O–H groups in total. The standard InChI is InChI=1S/C17H26N6O3S2.HI/c1-14-12-27-16(20-14)4-3-6-19-17(18-2)22-7-9-23(10-8-22)28(24,25)13-15-5-11-26-21-15;/h5,11-12H,3-4,6-10,13H2,1-2H3,(H,18,19);1H. The monoisotopic (exact) mass is 554 g/mol. The van der Waals surface area contributed by atoms with Crippen LogP contribution in [0.1, 0.15) is 22.8 Å². The Bertz CT molecular complexity index is 877. The van der Waals surface area contributed by atoms with Gasteiger partial charge in [0.1, 0.15) is 12.0 Å². The van der Waals surface area contributed by atoms with Crippen molar-refractivity contribution in [2.45, 2.75) is 25.5 Å². The van der Waals surface area contributed by atoms with Crippen molar-refractivity contribution in [1.82, 2.24) is 24.7 Å². The second-order valence-electron chi connectivity index (χ2n) is 6.59. The number of halogens is 1. The number of thiazole rings is 1. The summed E-state index contributed by atoms with van der Waals surface area (Å²) < 4.78 is 31.3. The molecule has 2 aromatic heterocycles. The van der Waals surface area contributed by atoms with Crippen molar-refractivity contribution in [2.75, 3.05) is 39.8 Å². The molecule has 0 saturated carbocycles. The number of piperazine rings is 1. The first-order chi connectivity index (χ1) is 13.5. The van der Waals surface area contributed by atoms with E-state index < -0.39 is 10.0 Å². The van der Waals surface area contributed by atoms with Crippen LogP contribution in [0.3, 0.4) is 0 Å². The maximum Gasteiger partial charge on any atom is 0.220 e. The topological polar surface area (TPSA) is 104 Å². The van der Waals surface area contributed by atoms with Crippen molar-refractivity contribution in [1.29, 1.82) is 0 Å². The van der Waals surface area contributed by atoms with Gasteiger partial charge in [0.25, 0.3) is 0 Å². The first-order valence-corrected chi connectivity index (χ1v) is 11.7. The molecule has 2 aromatic rings. The van der Waals surface area contributed by atoms with Gasteiger partial charge in [-0.15, -0.1) is 35.3 Å². The van der Waals surface area contributed by atoms with E-state index in [-0.39, 0.29) is 29.7 Å². The number of rotatable bonds is 7. The molecule has 0 atom stereocenters. The Hall–Kier alpha value is -1.25. The van der Waals surface area contributed by atoms with E-state index in [4.69, 9.17) is 4.52 Å². The molecule has 0 radical (unpaired) electrons. The van der Waals surface area contributed by atoms with E-state index in [9.17, 15) is 8.42 Å². The summed E-state index contributed by atoms with van der Waals surface area (Å²) in [5.41, 5.74) is 1.50. The average molecular weight is 554 g/mol. The maximum absolute atomic E-state index is 12.5. The molecule has 29 heavy (non-hydrogen) atoms. The summed E-state index contributed by atoms with van der Waals surface area (Å²) in [4.78, 5) is 10.9. The van der Waals surface area contributed by atoms with Crippen LogP contribution in [0.25, 0.3) is 0 Å². The van der Waals surface area contributed by atoms with Gasteiger partial charge < -0.3 is 14.7 Å². The predicted molar refractivity (Wildman–Crippen MR) is 124 cm³/mol. The normalized spacial score (nSPS) is 15.9. The minimum Gasteiger partial charge on any atom is -0.364 e. The molecule has 1 aliphatic rings. The fourth-order valence-electron chi connectivity index (χ4n) is 3.06. The zero-order valence-electron chi connectivity index (χ0n) is 16.6. The van der Waals surface area contributed by atoms with Gasteiger partial charge in [-0.3, -0.25) is 4.99 Å². The van der Waals surface area contributed by atoms with Crippen molar-refractivity contribution in [3.05, 3.63) is 34.1 Å². The van der Waals surface area contributed by atoms with Crippen molar-refractivity contribution in [2.24, 2.45) is 4.99 Å². The number of nitrogens with one attached hydrogen (secondary N) is 1. The lowest BCUT2D eigenvalue weighted by Gasteiger charge is -2.35. The number of hydrogen-bond donors (Lipinski definition) is 1. The van der Waals surface area contributed by atoms with Gasteiger partial charge in [0.2, 0.25) is 10.0 Å². The highest BCUT2D eigenvalue weighted by Gasteiger charge is 2.28. The average Bonchev–Trinajstić information content (AvgIpc) is 3.33. The lowest BCUT2D eigenvalue weighted by Crippen LogP contribution is -2.54. The highest BCUT2D eigenvalue weighted by atomic mass is 127. The molecule has 12 heteroatoms. The van der Waals surface area contributed by atoms with Gasteiger partial charge in [0.15, 0.2) is 5.96 Å². The molecule has 3 heterocycles. The lowest BCUT2D eigenvalue weighted by molar-refractivity contribution is 0.260. The Morgan fingerprint density at radius 1 is 1.34 bits per heavy atom. The molecule has 1 fully saturated rings. The molecule has 0 aliphatic carbocycles. The molecule has 3 rings (SSSR count). The van der Waals surface area contributed by atoms with Gasteiger partial charge in [0, 0.05) is 63.3 Å². The third kappa shape index (κ3) is 6.89. The number of guanidine groups is 1. The minimum atomic E-state index is -3.39. The van der Waals surface area contributed by atoms with E-state index in [2.05, 4.69) is 30.7 Å². The molecule has 1 saturated heterocycles. The summed E-state index contributed by atoms with van der Waals surface area (Å²) in [6.45, 7) is 4.87. The van der Waals surface area contributed by atoms with Crippen LogP contribution in [0, 0.1) is 6.92 Å². The third-order valence-corrected chi connectivity index (χ3v) is 7.32. The van der Waals surface area contributed by atoms with Gasteiger partial charge in [-0.25, -0.2) is 13.4 Å². The lowest BCUT2D eigenvalue weighted by atomic mass is 10.3. The van der Waals surface area contributed by atoms with Crippen LogP contribution in [0.4, 0.5) is 0 Å². The molecular weight excluding hydrogens is 527 g/mol. The van der Waals surface area contributed by atoms with Crippen molar-refractivity contribution in [3.63, 3.8) is 0 Å². The quantitative estimate of drug-likeness (QED) is 0.241. The SMILES string of the molecule is CN=C(NCCCc1nc(C)cs1)N1CCN(S(=O)(=O)Cc2ccon2)CC1.I. The van der Waals surface area contributed by atoms with Crippen LogP contribution < -0.4 is 5.32 Å². The van der Waals surface area contributed by atoms with Gasteiger partial charge in [0.05, 0.1) is 10.7 Å². The smallest absolute Gasteiger partial charge is 0.220 e. The Balaban J connectivity index is 0.00000300. The molecule has 0 bridgehead atoms. The molecule has 0 amide bonds. The summed E-state index contributed by atoms with van der Waals surface area (Å²) in [5.74, 6) is 0.677. The zero-order chi connectivity index (χ0) is 20.0. The fourth-order valence-corrected chi connectivity index (χ4v) is 5.30. The summed E-state index contributed by atoms with van der Waals surface area (Å²) in [5, 5.41) is 10.3. The first kappa shape index (κ1) is 24.0. The molecule has 0 aromatic carbocycles. The van der Waals surface area contributed by atoms with Crippen LogP contribution >= 0.6 is 35.3 Å². The van der Waals surface area contributed by atoms with Crippen LogP contribution in [-0.2, 0) is 22.2 Å². The minimum absolute atomic E-state index is 0. The number of hydrogen-bond acceptors (Lipinski definition) is 7. The summed E-state index contributed by atoms with van der Waals surface area (Å²) in [6, 6.07) is 1.58. The van der Waals surface area contributed by atoms with E-state index in [0.717, 1.165) is 36.0 Å². The number of nitrogens with zero attached hydrogens (tertiary/aromatic N) is 5. The predicted octanol–water partition coefficient (Wildman–Crippen LogP) is 1.71. The Morgan fingerprint density at radius 3 is 2.69 bits per heavy atom. The zero-order valence-corrected chi connectivity index (χ0v) is 20.5. The Morgan fingerprint density at radius 2 is 2.10 bits per heavy atom. The van der Waals surface area contributed by atoms with E-state index in [1.165, 1.54) is 10.6 Å². The second kappa shape index (κ2) is 11.2. The van der Waals surface area contributed by atoms with Gasteiger partial charge >= 0.3 is 0 Å². The molecule has 0 unspecified atom stereocenters. The number of aromatic nitrogens is 2. The summed E-state index contributed by atoms with van der Waals surface area (Å²) in [7, 11) is -1.64. The second-order valence-corrected chi connectivity index (χ2v) is 9.50. The van der Waals surface area contributed by atoms with Gasteiger partial charge in [-0.05, 0) is 13.3 Å². The highest BCUT2D eigenvalue weighted by Crippen LogP contribution is 2.13. The maximum atomic E-state index is 12.5. The fraction of sp³-hybridized carbons (Fsp3) is 0.588. The van der Waals surface area contributed by atoms with Crippen molar-refractivity contribution < 1.29 is 12.9 Å². The summed E-state index contributed by atoms with van der Waals surface area (Å²) in [6.07, 6.45) is 3.29. The van der Waals surface area contributed by atoms with Crippen molar-refractivity contribution in [3.8, 4) is 0 Å². The number of sulfonamides is 1.